The Hall–Kier alpha value is -0.120. The van der Waals surface area contributed by atoms with Crippen LogP contribution >= 0.6 is 27.3 Å². The van der Waals surface area contributed by atoms with E-state index in [0.29, 0.717) is 26.5 Å². The van der Waals surface area contributed by atoms with Gasteiger partial charge in [-0.05, 0) is 47.3 Å². The summed E-state index contributed by atoms with van der Waals surface area (Å²) in [7, 11) is -4.16. The van der Waals surface area contributed by atoms with Crippen LogP contribution in [0.15, 0.2) is 14.1 Å². The van der Waals surface area contributed by atoms with E-state index in [2.05, 4.69) is 15.9 Å². The highest BCUT2D eigenvalue weighted by atomic mass is 79.9. The first-order valence-corrected chi connectivity index (χ1v) is 9.42. The molecular weight excluding hydrogens is 391 g/mol. The molecule has 1 heterocycles. The van der Waals surface area contributed by atoms with Crippen molar-refractivity contribution in [3.05, 3.63) is 15.4 Å². The molecule has 0 fully saturated rings. The van der Waals surface area contributed by atoms with E-state index < -0.39 is 28.8 Å². The van der Waals surface area contributed by atoms with Crippen LogP contribution in [-0.4, -0.2) is 31.5 Å². The summed E-state index contributed by atoms with van der Waals surface area (Å²) >= 11 is 4.14. The number of halogens is 4. The zero-order valence-electron chi connectivity index (χ0n) is 11.9. The van der Waals surface area contributed by atoms with Gasteiger partial charge in [0.2, 0.25) is 0 Å². The largest absolute Gasteiger partial charge is 0.402 e. The lowest BCUT2D eigenvalue weighted by Gasteiger charge is -2.29. The Morgan fingerprint density at radius 3 is 2.19 bits per heavy atom. The molecule has 0 saturated heterocycles. The van der Waals surface area contributed by atoms with Crippen LogP contribution in [0.5, 0.6) is 0 Å². The summed E-state index contributed by atoms with van der Waals surface area (Å²) in [5.74, 6) is 0. The fourth-order valence-electron chi connectivity index (χ4n) is 1.96. The predicted octanol–water partition coefficient (Wildman–Crippen LogP) is 4.56. The van der Waals surface area contributed by atoms with Crippen molar-refractivity contribution in [2.45, 2.75) is 50.0 Å². The second kappa shape index (κ2) is 6.97. The molecule has 0 aliphatic rings. The van der Waals surface area contributed by atoms with Crippen LogP contribution in [-0.2, 0) is 10.0 Å². The van der Waals surface area contributed by atoms with E-state index in [1.54, 1.807) is 20.8 Å². The number of rotatable bonds is 6. The third-order valence-electron chi connectivity index (χ3n) is 3.08. The molecule has 1 aromatic heterocycles. The molecule has 0 atom stereocenters. The molecule has 0 aliphatic carbocycles. The van der Waals surface area contributed by atoms with Crippen molar-refractivity contribution in [1.29, 1.82) is 0 Å². The van der Waals surface area contributed by atoms with Gasteiger partial charge in [0.05, 0.1) is 3.79 Å². The minimum atomic E-state index is -4.57. The van der Waals surface area contributed by atoms with Crippen molar-refractivity contribution in [2.75, 3.05) is 6.54 Å². The Kier molecular flexibility index (Phi) is 6.28. The van der Waals surface area contributed by atoms with Crippen molar-refractivity contribution >= 4 is 37.3 Å². The molecular formula is C12H17BrF3NO2S2. The summed E-state index contributed by atoms with van der Waals surface area (Å²) < 4.78 is 64.5. The highest BCUT2D eigenvalue weighted by molar-refractivity contribution is 9.11. The summed E-state index contributed by atoms with van der Waals surface area (Å²) in [4.78, 5) is 0. The van der Waals surface area contributed by atoms with E-state index in [0.717, 1.165) is 11.3 Å². The first kappa shape index (κ1) is 18.9. The molecule has 122 valence electrons. The highest BCUT2D eigenvalue weighted by Crippen LogP contribution is 2.34. The molecule has 0 bridgehead atoms. The number of thiophene rings is 1. The van der Waals surface area contributed by atoms with Gasteiger partial charge < -0.3 is 0 Å². The lowest BCUT2D eigenvalue weighted by Crippen LogP contribution is -2.45. The zero-order valence-corrected chi connectivity index (χ0v) is 15.1. The van der Waals surface area contributed by atoms with E-state index >= 15 is 0 Å². The lowest BCUT2D eigenvalue weighted by molar-refractivity contribution is -0.139. The second-order valence-electron chi connectivity index (χ2n) is 4.66. The van der Waals surface area contributed by atoms with Crippen LogP contribution in [0.2, 0.25) is 0 Å². The quantitative estimate of drug-likeness (QED) is 0.692. The third kappa shape index (κ3) is 4.67. The molecule has 9 heteroatoms. The molecule has 21 heavy (non-hydrogen) atoms. The van der Waals surface area contributed by atoms with Gasteiger partial charge in [-0.25, -0.2) is 8.42 Å². The van der Waals surface area contributed by atoms with Crippen molar-refractivity contribution in [3.63, 3.8) is 0 Å². The van der Waals surface area contributed by atoms with E-state index in [1.165, 1.54) is 6.07 Å². The summed E-state index contributed by atoms with van der Waals surface area (Å²) in [6, 6.07) is 0.730. The topological polar surface area (TPSA) is 37.4 Å². The Labute approximate surface area is 135 Å². The fraction of sp³-hybridized carbons (Fsp3) is 0.667. The summed E-state index contributed by atoms with van der Waals surface area (Å²) in [5.41, 5.74) is 0.690. The molecule has 0 N–H and O–H groups in total. The van der Waals surface area contributed by atoms with E-state index in [9.17, 15) is 21.6 Å². The van der Waals surface area contributed by atoms with Gasteiger partial charge in [-0.2, -0.15) is 17.5 Å². The standard InChI is InChI=1S/C12H17BrF3NO2S2/c1-4-9(5-2)17(7-12(14,15)16)21(18,19)10-6-8(3)11(13)20-10/h6,9H,4-5,7H2,1-3H3. The Morgan fingerprint density at radius 1 is 1.33 bits per heavy atom. The van der Waals surface area contributed by atoms with E-state index in [1.807, 2.05) is 0 Å². The minimum Gasteiger partial charge on any atom is -0.206 e. The first-order chi connectivity index (χ1) is 9.52. The van der Waals surface area contributed by atoms with Gasteiger partial charge in [-0.15, -0.1) is 11.3 Å². The first-order valence-electron chi connectivity index (χ1n) is 6.37. The molecule has 0 aromatic carbocycles. The van der Waals surface area contributed by atoms with E-state index in [-0.39, 0.29) is 4.21 Å². The molecule has 0 radical (unpaired) electrons. The molecule has 1 rings (SSSR count). The van der Waals surface area contributed by atoms with Gasteiger partial charge in [0, 0.05) is 6.04 Å². The monoisotopic (exact) mass is 407 g/mol. The number of nitrogens with zero attached hydrogens (tertiary/aromatic N) is 1. The Bertz CT molecular complexity index is 560. The van der Waals surface area contributed by atoms with Gasteiger partial charge in [-0.1, -0.05) is 13.8 Å². The van der Waals surface area contributed by atoms with Crippen LogP contribution in [0, 0.1) is 6.92 Å². The lowest BCUT2D eigenvalue weighted by atomic mass is 10.2. The van der Waals surface area contributed by atoms with Gasteiger partial charge in [-0.3, -0.25) is 0 Å². The molecule has 3 nitrogen and oxygen atoms in total. The van der Waals surface area contributed by atoms with Crippen molar-refractivity contribution in [3.8, 4) is 0 Å². The van der Waals surface area contributed by atoms with Crippen LogP contribution in [0.1, 0.15) is 32.3 Å². The number of alkyl halides is 3. The number of sulfonamides is 1. The van der Waals surface area contributed by atoms with Gasteiger partial charge in [0.25, 0.3) is 10.0 Å². The Morgan fingerprint density at radius 2 is 1.86 bits per heavy atom. The van der Waals surface area contributed by atoms with Crippen LogP contribution in [0.25, 0.3) is 0 Å². The zero-order chi connectivity index (χ0) is 16.4. The molecule has 0 unspecified atom stereocenters. The molecule has 0 aliphatic heterocycles. The average Bonchev–Trinajstić information content (AvgIpc) is 2.69. The number of hydrogen-bond acceptors (Lipinski definition) is 3. The SMILES string of the molecule is CCC(CC)N(CC(F)(F)F)S(=O)(=O)c1cc(C)c(Br)s1. The van der Waals surface area contributed by atoms with Gasteiger partial charge in [0.1, 0.15) is 10.8 Å². The maximum atomic E-state index is 12.8. The number of aryl methyl sites for hydroxylation is 1. The third-order valence-corrected chi connectivity index (χ3v) is 7.57. The molecule has 0 amide bonds. The van der Waals surface area contributed by atoms with Gasteiger partial charge in [0.15, 0.2) is 0 Å². The summed E-state index contributed by atoms with van der Waals surface area (Å²) in [6.07, 6.45) is -3.91. The number of hydrogen-bond donors (Lipinski definition) is 0. The van der Waals surface area contributed by atoms with Crippen LogP contribution in [0.3, 0.4) is 0 Å². The van der Waals surface area contributed by atoms with Crippen molar-refractivity contribution in [2.24, 2.45) is 0 Å². The molecule has 0 saturated carbocycles. The van der Waals surface area contributed by atoms with Crippen LogP contribution < -0.4 is 0 Å². The van der Waals surface area contributed by atoms with Crippen LogP contribution in [0.4, 0.5) is 13.2 Å². The highest BCUT2D eigenvalue weighted by Gasteiger charge is 2.40. The summed E-state index contributed by atoms with van der Waals surface area (Å²) in [5, 5.41) is 0. The second-order valence-corrected chi connectivity index (χ2v) is 9.15. The fourth-order valence-corrected chi connectivity index (χ4v) is 6.07. The molecule has 0 spiro atoms. The predicted molar refractivity (Wildman–Crippen MR) is 81.1 cm³/mol. The normalized spacial score (nSPS) is 13.4. The molecule has 1 aromatic rings. The van der Waals surface area contributed by atoms with Gasteiger partial charge >= 0.3 is 6.18 Å². The van der Waals surface area contributed by atoms with Crippen molar-refractivity contribution in [1.82, 2.24) is 4.31 Å². The average molecular weight is 408 g/mol. The van der Waals surface area contributed by atoms with Crippen molar-refractivity contribution < 1.29 is 21.6 Å². The minimum absolute atomic E-state index is 0.0666. The maximum Gasteiger partial charge on any atom is 0.402 e. The summed E-state index contributed by atoms with van der Waals surface area (Å²) in [6.45, 7) is 3.60. The Balaban J connectivity index is 3.29. The maximum absolute atomic E-state index is 12.8. The van der Waals surface area contributed by atoms with E-state index in [4.69, 9.17) is 0 Å². The smallest absolute Gasteiger partial charge is 0.206 e.